The fourth-order valence-corrected chi connectivity index (χ4v) is 3.07. The summed E-state index contributed by atoms with van der Waals surface area (Å²) >= 11 is 3.32. The number of aromatic nitrogens is 1. The molecule has 0 fully saturated rings. The standard InChI is InChI=1S/C13H13NO2S2/c1-9(12(15)16)11-4-2-10(3-5-11)8-18-13-14-6-7-17-13/h2-7,9H,8H2,1H3,(H,15,16). The van der Waals surface area contributed by atoms with Gasteiger partial charge in [-0.25, -0.2) is 4.98 Å². The molecule has 1 aromatic heterocycles. The number of rotatable bonds is 5. The Morgan fingerprint density at radius 2 is 2.17 bits per heavy atom. The van der Waals surface area contributed by atoms with Crippen molar-refractivity contribution in [2.45, 2.75) is 22.9 Å². The second-order valence-corrected chi connectivity index (χ2v) is 6.01. The summed E-state index contributed by atoms with van der Waals surface area (Å²) in [6, 6.07) is 7.73. The third-order valence-electron chi connectivity index (χ3n) is 2.62. The van der Waals surface area contributed by atoms with Crippen LogP contribution >= 0.6 is 23.1 Å². The zero-order valence-electron chi connectivity index (χ0n) is 9.87. The molecule has 0 amide bonds. The van der Waals surface area contributed by atoms with E-state index in [0.717, 1.165) is 15.7 Å². The molecule has 2 rings (SSSR count). The lowest BCUT2D eigenvalue weighted by Gasteiger charge is -2.07. The highest BCUT2D eigenvalue weighted by Gasteiger charge is 2.12. The van der Waals surface area contributed by atoms with E-state index in [1.807, 2.05) is 29.6 Å². The highest BCUT2D eigenvalue weighted by atomic mass is 32.2. The molecule has 1 aromatic carbocycles. The summed E-state index contributed by atoms with van der Waals surface area (Å²) in [5.74, 6) is -0.388. The van der Waals surface area contributed by atoms with Gasteiger partial charge in [0.05, 0.1) is 5.92 Å². The van der Waals surface area contributed by atoms with Crippen LogP contribution in [0.2, 0.25) is 0 Å². The number of hydrogen-bond acceptors (Lipinski definition) is 4. The second kappa shape index (κ2) is 6.02. The zero-order valence-corrected chi connectivity index (χ0v) is 11.5. The maximum absolute atomic E-state index is 10.9. The first-order valence-electron chi connectivity index (χ1n) is 5.51. The smallest absolute Gasteiger partial charge is 0.310 e. The van der Waals surface area contributed by atoms with Crippen molar-refractivity contribution < 1.29 is 9.90 Å². The van der Waals surface area contributed by atoms with Crippen LogP contribution in [0, 0.1) is 0 Å². The fraction of sp³-hybridized carbons (Fsp3) is 0.231. The van der Waals surface area contributed by atoms with E-state index in [9.17, 15) is 4.79 Å². The van der Waals surface area contributed by atoms with Crippen molar-refractivity contribution in [2.24, 2.45) is 0 Å². The Kier molecular flexibility index (Phi) is 4.38. The molecule has 0 saturated carbocycles. The SMILES string of the molecule is CC(C(=O)O)c1ccc(CSc2nccs2)cc1. The first-order valence-corrected chi connectivity index (χ1v) is 7.37. The number of aliphatic carboxylic acids is 1. The molecule has 0 saturated heterocycles. The van der Waals surface area contributed by atoms with Gasteiger partial charge in [0.15, 0.2) is 0 Å². The van der Waals surface area contributed by atoms with Crippen molar-refractivity contribution in [3.63, 3.8) is 0 Å². The van der Waals surface area contributed by atoms with Crippen molar-refractivity contribution in [1.82, 2.24) is 4.98 Å². The molecule has 18 heavy (non-hydrogen) atoms. The van der Waals surface area contributed by atoms with E-state index in [1.165, 1.54) is 5.56 Å². The molecule has 0 radical (unpaired) electrons. The van der Waals surface area contributed by atoms with Crippen molar-refractivity contribution in [2.75, 3.05) is 0 Å². The van der Waals surface area contributed by atoms with Crippen LogP contribution in [-0.2, 0) is 10.5 Å². The normalized spacial score (nSPS) is 12.3. The first kappa shape index (κ1) is 13.1. The van der Waals surface area contributed by atoms with Crippen LogP contribution in [0.5, 0.6) is 0 Å². The molecule has 0 spiro atoms. The molecule has 1 atom stereocenters. The minimum absolute atomic E-state index is 0.453. The molecule has 3 nitrogen and oxygen atoms in total. The second-order valence-electron chi connectivity index (χ2n) is 3.89. The molecule has 1 heterocycles. The van der Waals surface area contributed by atoms with E-state index in [4.69, 9.17) is 5.11 Å². The Labute approximate surface area is 114 Å². The Balaban J connectivity index is 1.97. The van der Waals surface area contributed by atoms with Gasteiger partial charge >= 0.3 is 5.97 Å². The zero-order chi connectivity index (χ0) is 13.0. The highest BCUT2D eigenvalue weighted by Crippen LogP contribution is 2.25. The van der Waals surface area contributed by atoms with Crippen LogP contribution in [0.4, 0.5) is 0 Å². The number of hydrogen-bond donors (Lipinski definition) is 1. The fourth-order valence-electron chi connectivity index (χ4n) is 1.47. The van der Waals surface area contributed by atoms with Gasteiger partial charge in [0.1, 0.15) is 4.34 Å². The summed E-state index contributed by atoms with van der Waals surface area (Å²) in [6.07, 6.45) is 1.80. The lowest BCUT2D eigenvalue weighted by molar-refractivity contribution is -0.138. The van der Waals surface area contributed by atoms with Crippen molar-refractivity contribution in [3.8, 4) is 0 Å². The summed E-state index contributed by atoms with van der Waals surface area (Å²) in [6.45, 7) is 1.70. The maximum Gasteiger partial charge on any atom is 0.310 e. The minimum atomic E-state index is -0.792. The number of thioether (sulfide) groups is 1. The average molecular weight is 279 g/mol. The van der Waals surface area contributed by atoms with E-state index in [-0.39, 0.29) is 0 Å². The van der Waals surface area contributed by atoms with Crippen LogP contribution in [0.3, 0.4) is 0 Å². The molecule has 5 heteroatoms. The summed E-state index contributed by atoms with van der Waals surface area (Å²) < 4.78 is 1.05. The Bertz CT molecular complexity index is 508. The van der Waals surface area contributed by atoms with E-state index in [1.54, 1.807) is 36.2 Å². The molecule has 0 aliphatic carbocycles. The predicted molar refractivity (Wildman–Crippen MR) is 74.2 cm³/mol. The number of thiazole rings is 1. The van der Waals surface area contributed by atoms with Gasteiger partial charge in [0.2, 0.25) is 0 Å². The quantitative estimate of drug-likeness (QED) is 0.849. The van der Waals surface area contributed by atoms with Gasteiger partial charge in [0, 0.05) is 17.3 Å². The molecule has 1 unspecified atom stereocenters. The van der Waals surface area contributed by atoms with Gasteiger partial charge in [-0.2, -0.15) is 0 Å². The van der Waals surface area contributed by atoms with Crippen molar-refractivity contribution in [1.29, 1.82) is 0 Å². The lowest BCUT2D eigenvalue weighted by atomic mass is 10.0. The summed E-state index contributed by atoms with van der Waals surface area (Å²) in [5.41, 5.74) is 2.02. The molecule has 1 N–H and O–H groups in total. The number of carboxylic acids is 1. The molecule has 0 aliphatic rings. The Hall–Kier alpha value is -1.33. The van der Waals surface area contributed by atoms with Crippen LogP contribution in [0.15, 0.2) is 40.2 Å². The molecule has 0 aliphatic heterocycles. The molecular weight excluding hydrogens is 266 g/mol. The van der Waals surface area contributed by atoms with Gasteiger partial charge in [-0.1, -0.05) is 36.0 Å². The Morgan fingerprint density at radius 3 is 2.72 bits per heavy atom. The van der Waals surface area contributed by atoms with Crippen LogP contribution < -0.4 is 0 Å². The van der Waals surface area contributed by atoms with Gasteiger partial charge in [-0.3, -0.25) is 4.79 Å². The molecule has 0 bridgehead atoms. The van der Waals surface area contributed by atoms with E-state index >= 15 is 0 Å². The number of benzene rings is 1. The summed E-state index contributed by atoms with van der Waals surface area (Å²) in [4.78, 5) is 15.1. The third-order valence-corrected chi connectivity index (χ3v) is 4.66. The van der Waals surface area contributed by atoms with Crippen molar-refractivity contribution in [3.05, 3.63) is 47.0 Å². The topological polar surface area (TPSA) is 50.2 Å². The van der Waals surface area contributed by atoms with Gasteiger partial charge < -0.3 is 5.11 Å². The largest absolute Gasteiger partial charge is 0.481 e. The average Bonchev–Trinajstić information content (AvgIpc) is 2.89. The predicted octanol–water partition coefficient (Wildman–Crippen LogP) is 3.62. The summed E-state index contributed by atoms with van der Waals surface area (Å²) in [7, 11) is 0. The van der Waals surface area contributed by atoms with E-state index < -0.39 is 11.9 Å². The first-order chi connectivity index (χ1) is 8.66. The monoisotopic (exact) mass is 279 g/mol. The van der Waals surface area contributed by atoms with E-state index in [2.05, 4.69) is 4.98 Å². The number of carbonyl (C=O) groups is 1. The van der Waals surface area contributed by atoms with E-state index in [0.29, 0.717) is 0 Å². The highest BCUT2D eigenvalue weighted by molar-refractivity contribution is 8.00. The number of carboxylic acid groups (broad SMARTS) is 1. The Morgan fingerprint density at radius 1 is 1.44 bits per heavy atom. The van der Waals surface area contributed by atoms with Crippen LogP contribution in [0.25, 0.3) is 0 Å². The number of nitrogens with zero attached hydrogens (tertiary/aromatic N) is 1. The summed E-state index contributed by atoms with van der Waals surface area (Å²) in [5, 5.41) is 10.9. The third kappa shape index (κ3) is 3.34. The van der Waals surface area contributed by atoms with Gasteiger partial charge in [-0.15, -0.1) is 11.3 Å². The molecule has 94 valence electrons. The lowest BCUT2D eigenvalue weighted by Crippen LogP contribution is -2.07. The van der Waals surface area contributed by atoms with Crippen LogP contribution in [-0.4, -0.2) is 16.1 Å². The van der Waals surface area contributed by atoms with Crippen LogP contribution in [0.1, 0.15) is 24.0 Å². The maximum atomic E-state index is 10.9. The van der Waals surface area contributed by atoms with Gasteiger partial charge in [-0.05, 0) is 18.1 Å². The van der Waals surface area contributed by atoms with Crippen molar-refractivity contribution >= 4 is 29.1 Å². The minimum Gasteiger partial charge on any atom is -0.481 e. The molecular formula is C13H13NO2S2. The molecule has 2 aromatic rings. The van der Waals surface area contributed by atoms with Gasteiger partial charge in [0.25, 0.3) is 0 Å².